The number of benzene rings is 1. The van der Waals surface area contributed by atoms with Gasteiger partial charge in [0, 0.05) is 0 Å². The van der Waals surface area contributed by atoms with E-state index >= 15 is 0 Å². The zero-order valence-corrected chi connectivity index (χ0v) is 38.5. The standard InChI is InChI=1S/C9H10O.3C2H2O4.6K/c1-2-6-9-8(4-1)5-3-7-10-9;3*3-1(4)2(5)6;;;;;;/h1-2,4,6H,3,5,7H2;3*(H,3,4)(H,5,6);;;;;;/q;;;;6*+1/p-6. The number of carboxylic acids is 6. The predicted octanol–water partition coefficient (Wildman–Crippen LogP) is -26.5. The molecular formula is C15H10K6O13. The Bertz CT molecular complexity index is 627. The van der Waals surface area contributed by atoms with Crippen LogP contribution in [0, 0.1) is 0 Å². The first-order chi connectivity index (χ1) is 12.9. The molecule has 2 rings (SSSR count). The summed E-state index contributed by atoms with van der Waals surface area (Å²) in [6, 6.07) is 8.25. The van der Waals surface area contributed by atoms with Gasteiger partial charge in [0.15, 0.2) is 0 Å². The molecule has 0 N–H and O–H groups in total. The van der Waals surface area contributed by atoms with Gasteiger partial charge in [0.2, 0.25) is 0 Å². The number of carbonyl (C=O) groups is 6. The monoisotopic (exact) mass is 632 g/mol. The number of aliphatic carboxylic acids is 6. The molecule has 34 heavy (non-hydrogen) atoms. The minimum Gasteiger partial charge on any atom is -0.543 e. The van der Waals surface area contributed by atoms with Crippen LogP contribution in [0.15, 0.2) is 24.3 Å². The van der Waals surface area contributed by atoms with Crippen LogP contribution in [0.2, 0.25) is 0 Å². The molecule has 0 saturated heterocycles. The molecule has 13 nitrogen and oxygen atoms in total. The fourth-order valence-corrected chi connectivity index (χ4v) is 1.30. The minimum absolute atomic E-state index is 0. The Labute approximate surface area is 449 Å². The molecule has 1 aliphatic rings. The number of hydrogen-bond donors (Lipinski definition) is 0. The van der Waals surface area contributed by atoms with E-state index in [9.17, 15) is 0 Å². The molecule has 1 aliphatic heterocycles. The van der Waals surface area contributed by atoms with E-state index in [0.29, 0.717) is 0 Å². The first-order valence-corrected chi connectivity index (χ1v) is 6.87. The van der Waals surface area contributed by atoms with Crippen molar-refractivity contribution in [2.75, 3.05) is 6.61 Å². The van der Waals surface area contributed by atoms with E-state index in [-0.39, 0.29) is 308 Å². The van der Waals surface area contributed by atoms with Gasteiger partial charge in [0.1, 0.15) is 5.75 Å². The van der Waals surface area contributed by atoms with Crippen molar-refractivity contribution in [3.8, 4) is 5.75 Å². The van der Waals surface area contributed by atoms with Crippen LogP contribution in [0.5, 0.6) is 5.75 Å². The molecule has 0 bridgehead atoms. The minimum atomic E-state index is -2.19. The molecule has 1 aromatic carbocycles. The van der Waals surface area contributed by atoms with E-state index in [1.807, 2.05) is 12.1 Å². The van der Waals surface area contributed by atoms with Crippen LogP contribution in [0.4, 0.5) is 0 Å². The maximum atomic E-state index is 8.93. The second kappa shape index (κ2) is 38.7. The van der Waals surface area contributed by atoms with E-state index < -0.39 is 35.8 Å². The van der Waals surface area contributed by atoms with Gasteiger partial charge in [-0.1, -0.05) is 18.2 Å². The van der Waals surface area contributed by atoms with E-state index in [1.54, 1.807) is 0 Å². The van der Waals surface area contributed by atoms with Crippen molar-refractivity contribution in [3.05, 3.63) is 29.8 Å². The molecule has 0 fully saturated rings. The smallest absolute Gasteiger partial charge is 0.543 e. The maximum absolute atomic E-state index is 8.93. The molecule has 0 amide bonds. The summed E-state index contributed by atoms with van der Waals surface area (Å²) in [5.74, 6) is -12.0. The van der Waals surface area contributed by atoms with Gasteiger partial charge in [-0.2, -0.15) is 0 Å². The zero-order valence-electron chi connectivity index (χ0n) is 19.7. The molecule has 1 aromatic rings. The van der Waals surface area contributed by atoms with Crippen molar-refractivity contribution >= 4 is 35.8 Å². The van der Waals surface area contributed by atoms with Crippen molar-refractivity contribution < 1.29 is 372 Å². The third kappa shape index (κ3) is 39.8. The summed E-state index contributed by atoms with van der Waals surface area (Å²) in [6.07, 6.45) is 2.34. The van der Waals surface area contributed by atoms with Gasteiger partial charge in [-0.15, -0.1) is 0 Å². The van der Waals surface area contributed by atoms with Gasteiger partial charge >= 0.3 is 308 Å². The average Bonchev–Trinajstić information content (AvgIpc) is 2.63. The number of ether oxygens (including phenoxy) is 1. The Hall–Kier alpha value is 5.66. The van der Waals surface area contributed by atoms with Gasteiger partial charge in [-0.3, -0.25) is 0 Å². The van der Waals surface area contributed by atoms with Gasteiger partial charge in [0.05, 0.1) is 42.4 Å². The third-order valence-corrected chi connectivity index (χ3v) is 2.32. The first kappa shape index (κ1) is 59.1. The fourth-order valence-electron chi connectivity index (χ4n) is 1.30. The fraction of sp³-hybridized carbons (Fsp3) is 0.200. The topological polar surface area (TPSA) is 250 Å². The van der Waals surface area contributed by atoms with Crippen LogP contribution >= 0.6 is 0 Å². The molecule has 0 aromatic heterocycles. The summed E-state index contributed by atoms with van der Waals surface area (Å²) in [6.45, 7) is 0.886. The Morgan fingerprint density at radius 2 is 0.853 bits per heavy atom. The second-order valence-corrected chi connectivity index (χ2v) is 4.28. The number of aryl methyl sites for hydroxylation is 1. The maximum Gasteiger partial charge on any atom is 1.00 e. The molecule has 154 valence electrons. The molecule has 0 radical (unpaired) electrons. The number of fused-ring (bicyclic) bond motifs is 1. The average molecular weight is 633 g/mol. The van der Waals surface area contributed by atoms with E-state index in [1.165, 1.54) is 12.0 Å². The van der Waals surface area contributed by atoms with E-state index in [0.717, 1.165) is 18.8 Å². The van der Waals surface area contributed by atoms with Crippen LogP contribution in [-0.4, -0.2) is 42.4 Å². The Morgan fingerprint density at radius 1 is 0.559 bits per heavy atom. The molecule has 1 heterocycles. The molecule has 19 heteroatoms. The molecule has 0 spiro atoms. The summed E-state index contributed by atoms with van der Waals surface area (Å²) < 4.78 is 5.42. The van der Waals surface area contributed by atoms with Crippen molar-refractivity contribution in [2.45, 2.75) is 12.8 Å². The number of carboxylic acid groups (broad SMARTS) is 6. The summed E-state index contributed by atoms with van der Waals surface area (Å²) in [5.41, 5.74) is 1.36. The summed E-state index contributed by atoms with van der Waals surface area (Å²) in [4.78, 5) is 53.6. The van der Waals surface area contributed by atoms with Gasteiger partial charge in [0.25, 0.3) is 0 Å². The number of carbonyl (C=O) groups excluding carboxylic acids is 6. The third-order valence-electron chi connectivity index (χ3n) is 2.32. The van der Waals surface area contributed by atoms with Crippen LogP contribution in [0.25, 0.3) is 0 Å². The quantitative estimate of drug-likeness (QED) is 0.190. The van der Waals surface area contributed by atoms with E-state index in [4.69, 9.17) is 64.1 Å². The van der Waals surface area contributed by atoms with Gasteiger partial charge in [-0.25, -0.2) is 0 Å². The number of para-hydroxylation sites is 1. The Kier molecular flexibility index (Phi) is 67.2. The Morgan fingerprint density at radius 3 is 1.12 bits per heavy atom. The molecule has 0 aliphatic carbocycles. The molecule has 0 atom stereocenters. The SMILES string of the molecule is O=C([O-])C(=O)[O-].O=C([O-])C(=O)[O-].O=C([O-])C(=O)[O-].[K+].[K+].[K+].[K+].[K+].[K+].c1ccc2c(c1)CCCO2. The Balaban J connectivity index is -0.0000000431. The largest absolute Gasteiger partial charge is 1.00 e. The number of rotatable bonds is 0. The predicted molar refractivity (Wildman–Crippen MR) is 70.3 cm³/mol. The first-order valence-electron chi connectivity index (χ1n) is 6.87. The summed E-state index contributed by atoms with van der Waals surface area (Å²) in [7, 11) is 0. The molecule has 0 unspecified atom stereocenters. The molecule has 0 saturated carbocycles. The zero-order chi connectivity index (χ0) is 22.3. The van der Waals surface area contributed by atoms with Crippen LogP contribution in [0.3, 0.4) is 0 Å². The summed E-state index contributed by atoms with van der Waals surface area (Å²) in [5, 5.41) is 53.6. The van der Waals surface area contributed by atoms with Crippen molar-refractivity contribution in [2.24, 2.45) is 0 Å². The number of hydrogen-bond acceptors (Lipinski definition) is 13. The van der Waals surface area contributed by atoms with E-state index in [2.05, 4.69) is 12.1 Å². The van der Waals surface area contributed by atoms with Gasteiger partial charge < -0.3 is 64.1 Å². The normalized spacial score (nSPS) is 8.47. The van der Waals surface area contributed by atoms with Crippen LogP contribution in [0.1, 0.15) is 12.0 Å². The van der Waals surface area contributed by atoms with Crippen LogP contribution in [-0.2, 0) is 35.2 Å². The van der Waals surface area contributed by atoms with Crippen molar-refractivity contribution in [1.29, 1.82) is 0 Å². The van der Waals surface area contributed by atoms with Gasteiger partial charge in [-0.05, 0) is 24.5 Å². The molecular weight excluding hydrogens is 623 g/mol. The summed E-state index contributed by atoms with van der Waals surface area (Å²) >= 11 is 0. The van der Waals surface area contributed by atoms with Crippen LogP contribution < -0.4 is 344 Å². The second-order valence-electron chi connectivity index (χ2n) is 4.28. The van der Waals surface area contributed by atoms with Crippen molar-refractivity contribution in [1.82, 2.24) is 0 Å². The van der Waals surface area contributed by atoms with Crippen molar-refractivity contribution in [3.63, 3.8) is 0 Å².